The Kier molecular flexibility index (Phi) is 3.76. The number of nitrogens with two attached hydrogens (primary N) is 1. The molecule has 0 fully saturated rings. The van der Waals surface area contributed by atoms with E-state index in [-0.39, 0.29) is 34.4 Å². The van der Waals surface area contributed by atoms with Crippen LogP contribution in [0.3, 0.4) is 0 Å². The average molecular weight is 368 g/mol. The van der Waals surface area contributed by atoms with Gasteiger partial charge in [-0.3, -0.25) is 4.79 Å². The van der Waals surface area contributed by atoms with Gasteiger partial charge in [-0.25, -0.2) is 18.7 Å². The maximum absolute atomic E-state index is 14.1. The molecule has 27 heavy (non-hydrogen) atoms. The molecule has 136 valence electrons. The van der Waals surface area contributed by atoms with Gasteiger partial charge in [0.15, 0.2) is 5.76 Å². The number of hydrogen-bond acceptors (Lipinski definition) is 5. The standard InChI is InChI=1S/C19H14F2N4O2/c1-9-3-6-14(27-9)17-15-16(23-19(22)24-17)13(25(2)18(15)26)7-10-4-5-11(20)8-12(10)21/h3-8H,1-2H3,(H2,22,23,24)/b13-7+. The van der Waals surface area contributed by atoms with Crippen molar-refractivity contribution in [2.24, 2.45) is 0 Å². The smallest absolute Gasteiger partial charge is 0.262 e. The molecule has 0 aliphatic carbocycles. The lowest BCUT2D eigenvalue weighted by molar-refractivity contribution is 0.0875. The molecule has 0 radical (unpaired) electrons. The highest BCUT2D eigenvalue weighted by atomic mass is 19.1. The maximum atomic E-state index is 14.1. The van der Waals surface area contributed by atoms with E-state index in [0.29, 0.717) is 17.2 Å². The van der Waals surface area contributed by atoms with Crippen LogP contribution in [-0.4, -0.2) is 27.8 Å². The minimum Gasteiger partial charge on any atom is -0.460 e. The number of benzene rings is 1. The Morgan fingerprint density at radius 1 is 1.15 bits per heavy atom. The molecule has 0 saturated carbocycles. The number of fused-ring (bicyclic) bond motifs is 1. The summed E-state index contributed by atoms with van der Waals surface area (Å²) in [5.74, 6) is -0.824. The van der Waals surface area contributed by atoms with Crippen molar-refractivity contribution in [3.05, 3.63) is 64.5 Å². The second kappa shape index (κ2) is 6.01. The van der Waals surface area contributed by atoms with E-state index in [0.717, 1.165) is 12.1 Å². The first-order valence-electron chi connectivity index (χ1n) is 8.04. The van der Waals surface area contributed by atoms with Gasteiger partial charge < -0.3 is 15.1 Å². The van der Waals surface area contributed by atoms with Gasteiger partial charge in [0.05, 0.1) is 11.3 Å². The molecule has 6 nitrogen and oxygen atoms in total. The predicted molar refractivity (Wildman–Crippen MR) is 95.2 cm³/mol. The molecule has 0 unspecified atom stereocenters. The number of halogens is 2. The van der Waals surface area contributed by atoms with E-state index in [1.54, 1.807) is 19.1 Å². The normalized spacial score (nSPS) is 14.9. The Morgan fingerprint density at radius 2 is 1.89 bits per heavy atom. The summed E-state index contributed by atoms with van der Waals surface area (Å²) in [7, 11) is 1.53. The van der Waals surface area contributed by atoms with Crippen molar-refractivity contribution in [2.75, 3.05) is 12.8 Å². The number of anilines is 1. The van der Waals surface area contributed by atoms with Gasteiger partial charge in [0.2, 0.25) is 5.95 Å². The lowest BCUT2D eigenvalue weighted by Gasteiger charge is -2.10. The zero-order chi connectivity index (χ0) is 19.3. The van der Waals surface area contributed by atoms with Crippen molar-refractivity contribution in [3.63, 3.8) is 0 Å². The van der Waals surface area contributed by atoms with Crippen LogP contribution in [0.1, 0.15) is 27.4 Å². The first-order chi connectivity index (χ1) is 12.8. The molecule has 2 aromatic heterocycles. The SMILES string of the molecule is Cc1ccc(-c2nc(N)nc3c2C(=O)N(C)/C3=C/c2ccc(F)cc2F)o1. The van der Waals surface area contributed by atoms with Gasteiger partial charge in [-0.1, -0.05) is 0 Å². The fraction of sp³-hybridized carbons (Fsp3) is 0.105. The molecule has 0 spiro atoms. The van der Waals surface area contributed by atoms with Crippen LogP contribution < -0.4 is 5.73 Å². The second-order valence-electron chi connectivity index (χ2n) is 6.12. The van der Waals surface area contributed by atoms with Crippen molar-refractivity contribution in [2.45, 2.75) is 6.92 Å². The van der Waals surface area contributed by atoms with E-state index in [2.05, 4.69) is 9.97 Å². The summed E-state index contributed by atoms with van der Waals surface area (Å²) in [6.45, 7) is 1.77. The highest BCUT2D eigenvalue weighted by molar-refractivity contribution is 6.14. The topological polar surface area (TPSA) is 85.2 Å². The lowest BCUT2D eigenvalue weighted by Crippen LogP contribution is -2.17. The number of furan rings is 1. The van der Waals surface area contributed by atoms with Crippen LogP contribution in [0.4, 0.5) is 14.7 Å². The molecule has 0 atom stereocenters. The van der Waals surface area contributed by atoms with Crippen LogP contribution in [-0.2, 0) is 0 Å². The molecule has 1 amide bonds. The van der Waals surface area contributed by atoms with Crippen LogP contribution in [0, 0.1) is 18.6 Å². The molecule has 0 saturated heterocycles. The van der Waals surface area contributed by atoms with Crippen molar-refractivity contribution in [1.82, 2.24) is 14.9 Å². The first-order valence-corrected chi connectivity index (χ1v) is 8.04. The van der Waals surface area contributed by atoms with E-state index >= 15 is 0 Å². The molecule has 4 rings (SSSR count). The molecule has 8 heteroatoms. The van der Waals surface area contributed by atoms with Crippen LogP contribution in [0.5, 0.6) is 0 Å². The van der Waals surface area contributed by atoms with Gasteiger partial charge in [-0.15, -0.1) is 0 Å². The molecule has 3 aromatic rings. The Bertz CT molecular complexity index is 1120. The first kappa shape index (κ1) is 16.9. The number of rotatable bonds is 2. The highest BCUT2D eigenvalue weighted by Crippen LogP contribution is 2.38. The monoisotopic (exact) mass is 368 g/mol. The molecule has 0 bridgehead atoms. The minimum atomic E-state index is -0.749. The number of aromatic nitrogens is 2. The van der Waals surface area contributed by atoms with E-state index in [1.165, 1.54) is 24.1 Å². The minimum absolute atomic E-state index is 0.0496. The van der Waals surface area contributed by atoms with Gasteiger partial charge in [0.25, 0.3) is 5.91 Å². The molecule has 1 aliphatic rings. The zero-order valence-corrected chi connectivity index (χ0v) is 14.5. The van der Waals surface area contributed by atoms with Crippen LogP contribution in [0.15, 0.2) is 34.7 Å². The molecule has 3 heterocycles. The summed E-state index contributed by atoms with van der Waals surface area (Å²) in [6, 6.07) is 6.63. The number of nitrogen functional groups attached to an aromatic ring is 1. The summed E-state index contributed by atoms with van der Waals surface area (Å²) in [5.41, 5.74) is 7.03. The van der Waals surface area contributed by atoms with Gasteiger partial charge in [-0.05, 0) is 37.3 Å². The Balaban J connectivity index is 1.94. The predicted octanol–water partition coefficient (Wildman–Crippen LogP) is 3.49. The molecule has 1 aliphatic heterocycles. The molecular formula is C19H14F2N4O2. The summed E-state index contributed by atoms with van der Waals surface area (Å²) in [5, 5.41) is 0. The number of aryl methyl sites for hydroxylation is 1. The lowest BCUT2D eigenvalue weighted by atomic mass is 10.1. The Hall–Kier alpha value is -3.55. The van der Waals surface area contributed by atoms with Crippen LogP contribution in [0.25, 0.3) is 23.2 Å². The number of carbonyl (C=O) groups excluding carboxylic acids is 1. The van der Waals surface area contributed by atoms with Gasteiger partial charge in [-0.2, -0.15) is 0 Å². The number of carbonyl (C=O) groups is 1. The largest absolute Gasteiger partial charge is 0.460 e. The fourth-order valence-corrected chi connectivity index (χ4v) is 2.97. The van der Waals surface area contributed by atoms with Gasteiger partial charge in [0, 0.05) is 18.7 Å². The third-order valence-electron chi connectivity index (χ3n) is 4.28. The number of hydrogen-bond donors (Lipinski definition) is 1. The average Bonchev–Trinajstić information content (AvgIpc) is 3.14. The highest BCUT2D eigenvalue weighted by Gasteiger charge is 2.36. The summed E-state index contributed by atoms with van der Waals surface area (Å²) in [6.07, 6.45) is 1.42. The van der Waals surface area contributed by atoms with Crippen LogP contribution in [0.2, 0.25) is 0 Å². The van der Waals surface area contributed by atoms with E-state index in [4.69, 9.17) is 10.2 Å². The Labute approximate surface area is 153 Å². The third-order valence-corrected chi connectivity index (χ3v) is 4.28. The summed E-state index contributed by atoms with van der Waals surface area (Å²) < 4.78 is 32.8. The van der Waals surface area contributed by atoms with Crippen molar-refractivity contribution >= 4 is 23.6 Å². The third kappa shape index (κ3) is 2.75. The van der Waals surface area contributed by atoms with Crippen LogP contribution >= 0.6 is 0 Å². The molecular weight excluding hydrogens is 354 g/mol. The van der Waals surface area contributed by atoms with Gasteiger partial charge >= 0.3 is 0 Å². The Morgan fingerprint density at radius 3 is 2.56 bits per heavy atom. The van der Waals surface area contributed by atoms with Crippen molar-refractivity contribution in [1.29, 1.82) is 0 Å². The second-order valence-corrected chi connectivity index (χ2v) is 6.12. The van der Waals surface area contributed by atoms with E-state index in [9.17, 15) is 13.6 Å². The summed E-state index contributed by atoms with van der Waals surface area (Å²) in [4.78, 5) is 22.5. The van der Waals surface area contributed by atoms with Crippen molar-refractivity contribution in [3.8, 4) is 11.5 Å². The zero-order valence-electron chi connectivity index (χ0n) is 14.5. The quantitative estimate of drug-likeness (QED) is 0.748. The number of amides is 1. The van der Waals surface area contributed by atoms with E-state index < -0.39 is 11.6 Å². The summed E-state index contributed by atoms with van der Waals surface area (Å²) >= 11 is 0. The molecule has 1 aromatic carbocycles. The number of nitrogens with zero attached hydrogens (tertiary/aromatic N) is 3. The molecule has 2 N–H and O–H groups in total. The van der Waals surface area contributed by atoms with E-state index in [1.807, 2.05) is 0 Å². The van der Waals surface area contributed by atoms with Crippen molar-refractivity contribution < 1.29 is 18.0 Å². The maximum Gasteiger partial charge on any atom is 0.262 e. The van der Waals surface area contributed by atoms with Gasteiger partial charge in [0.1, 0.15) is 28.8 Å². The fourth-order valence-electron chi connectivity index (χ4n) is 2.97.